The van der Waals surface area contributed by atoms with Crippen molar-refractivity contribution in [1.29, 1.82) is 0 Å². The van der Waals surface area contributed by atoms with E-state index in [1.54, 1.807) is 13.8 Å². The molecule has 28 nitrogen and oxygen atoms in total. The zero-order valence-electron chi connectivity index (χ0n) is 56.9. The van der Waals surface area contributed by atoms with E-state index in [9.17, 15) is 91.3 Å². The summed E-state index contributed by atoms with van der Waals surface area (Å²) in [6.45, 7) is 1.27. The Kier molecular flexibility index (Phi) is 41.0. The number of unbranched alkanes of at least 4 members (excludes halogenated alkanes) is 20. The number of cyclic esters (lactones) is 2. The van der Waals surface area contributed by atoms with Gasteiger partial charge >= 0.3 is 11.9 Å². The summed E-state index contributed by atoms with van der Waals surface area (Å²) in [5, 5.41) is 167. The molecule has 564 valence electrons. The number of esters is 2. The molecule has 0 aromatic carbocycles. The van der Waals surface area contributed by atoms with Crippen LogP contribution in [0.1, 0.15) is 232 Å². The number of hydrogen-bond donors (Lipinski definition) is 16. The summed E-state index contributed by atoms with van der Waals surface area (Å²) in [5.74, 6) is -1.56. The average molecular weight is 1390 g/mol. The molecule has 5 aliphatic heterocycles. The summed E-state index contributed by atoms with van der Waals surface area (Å²) in [5.41, 5.74) is 0. The Bertz CT molecular complexity index is 1890. The number of aliphatic hydroxyl groups excluding tert-OH is 16. The molecule has 96 heavy (non-hydrogen) atoms. The van der Waals surface area contributed by atoms with Crippen LogP contribution in [-0.2, 0) is 57.0 Å². The molecule has 16 N–H and O–H groups in total. The van der Waals surface area contributed by atoms with Crippen molar-refractivity contribution in [2.75, 3.05) is 26.4 Å². The second kappa shape index (κ2) is 46.6. The minimum atomic E-state index is -1.77. The SMILES string of the molecule is CC(O)CCCCC(CCCCCCCCCCCCC1CC(=O)OC[C@H]2O[C@@H](OC(CCCCCCCCCCCCC(CCCCC(C)O)O[C@@H]3O[C@H](CO)[C@@H](O)[C@H](O)[C@H]3O)CC(=O)OC[C@H]3O[C@@H](O1)[C@H](O)[C@@H](O)[C@@H]3O)[C@H](O)[C@@H](O)[C@@H]2O)O[C@@H]1O[C@H](CO)[C@@H](O)[C@H](O)[C@H]1O. The van der Waals surface area contributed by atoms with E-state index in [1.807, 2.05) is 0 Å². The molecule has 0 aromatic heterocycles. The Morgan fingerprint density at radius 1 is 0.344 bits per heavy atom. The van der Waals surface area contributed by atoms with E-state index in [2.05, 4.69) is 0 Å². The van der Waals surface area contributed by atoms with E-state index < -0.39 is 186 Å². The first-order chi connectivity index (χ1) is 46.0. The van der Waals surface area contributed by atoms with Crippen molar-refractivity contribution < 1.29 is 139 Å². The van der Waals surface area contributed by atoms with Gasteiger partial charge in [0.05, 0.1) is 62.7 Å². The minimum absolute atomic E-state index is 0.295. The lowest BCUT2D eigenvalue weighted by Crippen LogP contribution is -2.60. The van der Waals surface area contributed by atoms with E-state index in [-0.39, 0.29) is 25.0 Å². The summed E-state index contributed by atoms with van der Waals surface area (Å²) in [4.78, 5) is 27.0. The van der Waals surface area contributed by atoms with Crippen molar-refractivity contribution in [2.24, 2.45) is 0 Å². The van der Waals surface area contributed by atoms with Gasteiger partial charge in [0.2, 0.25) is 0 Å². The third kappa shape index (κ3) is 29.7. The maximum Gasteiger partial charge on any atom is 0.308 e. The highest BCUT2D eigenvalue weighted by molar-refractivity contribution is 5.70. The Morgan fingerprint density at radius 2 is 0.625 bits per heavy atom. The Labute approximate surface area is 566 Å². The first-order valence-electron chi connectivity index (χ1n) is 36.3. The molecule has 5 aliphatic rings. The van der Waals surface area contributed by atoms with Crippen LogP contribution in [0.15, 0.2) is 0 Å². The smallest absolute Gasteiger partial charge is 0.308 e. The van der Waals surface area contributed by atoms with Crippen LogP contribution in [0, 0.1) is 0 Å². The van der Waals surface area contributed by atoms with Crippen LogP contribution < -0.4 is 0 Å². The molecule has 0 saturated carbocycles. The van der Waals surface area contributed by atoms with Gasteiger partial charge in [0, 0.05) is 0 Å². The van der Waals surface area contributed by atoms with Crippen LogP contribution in [0.4, 0.5) is 0 Å². The zero-order valence-corrected chi connectivity index (χ0v) is 56.9. The normalized spacial score (nSPS) is 35.7. The summed E-state index contributed by atoms with van der Waals surface area (Å²) >= 11 is 0. The van der Waals surface area contributed by atoms with E-state index in [4.69, 9.17) is 47.4 Å². The highest BCUT2D eigenvalue weighted by Crippen LogP contribution is 2.32. The van der Waals surface area contributed by atoms with Gasteiger partial charge in [0.1, 0.15) is 111 Å². The monoisotopic (exact) mass is 1390 g/mol. The first kappa shape index (κ1) is 84.6. The fourth-order valence-corrected chi connectivity index (χ4v) is 13.2. The van der Waals surface area contributed by atoms with Crippen molar-refractivity contribution in [2.45, 2.75) is 392 Å². The predicted octanol–water partition coefficient (Wildman–Crippen LogP) is 1.87. The van der Waals surface area contributed by atoms with Crippen LogP contribution in [-0.4, -0.2) is 280 Å². The maximum atomic E-state index is 13.5. The average Bonchev–Trinajstić information content (AvgIpc) is 0.843. The predicted molar refractivity (Wildman–Crippen MR) is 343 cm³/mol. The number of rotatable bonds is 42. The van der Waals surface area contributed by atoms with Crippen LogP contribution in [0.5, 0.6) is 0 Å². The third-order valence-electron chi connectivity index (χ3n) is 19.3. The zero-order chi connectivity index (χ0) is 70.1. The van der Waals surface area contributed by atoms with Gasteiger partial charge in [-0.3, -0.25) is 9.59 Å². The molecule has 5 rings (SSSR count). The molecule has 4 bridgehead atoms. The van der Waals surface area contributed by atoms with Gasteiger partial charge in [-0.15, -0.1) is 0 Å². The molecule has 26 atom stereocenters. The molecule has 5 fully saturated rings. The van der Waals surface area contributed by atoms with Crippen molar-refractivity contribution in [3.63, 3.8) is 0 Å². The molecular formula is C68H124O28. The number of ether oxygens (including phenoxy) is 10. The van der Waals surface area contributed by atoms with E-state index in [0.717, 1.165) is 141 Å². The van der Waals surface area contributed by atoms with Crippen LogP contribution in [0.3, 0.4) is 0 Å². The topological polar surface area (TPSA) is 450 Å². The molecule has 5 heterocycles. The lowest BCUT2D eigenvalue weighted by atomic mass is 9.98. The van der Waals surface area contributed by atoms with E-state index >= 15 is 0 Å². The van der Waals surface area contributed by atoms with Crippen molar-refractivity contribution in [3.05, 3.63) is 0 Å². The van der Waals surface area contributed by atoms with Crippen molar-refractivity contribution in [1.82, 2.24) is 0 Å². The minimum Gasteiger partial charge on any atom is -0.463 e. The second-order valence-electron chi connectivity index (χ2n) is 27.7. The number of fused-ring (bicyclic) bond motifs is 4. The summed E-state index contributed by atoms with van der Waals surface area (Å²) in [6, 6.07) is 0. The summed E-state index contributed by atoms with van der Waals surface area (Å²) < 4.78 is 58.7. The highest BCUT2D eigenvalue weighted by atomic mass is 16.7. The standard InChI is InChI=1S/C68H124O28/c1-41(71)27-23-25-31-43(89-65-61(83)57(79)53(75)47(37-69)93-65)29-19-15-11-7-3-5-9-13-17-21-33-45-35-51(73)87-39-50-56(78)60(82)64(86)68(96-50)92-46(36-52(74)88-40-49-55(77)59(81)63(85)67(91-45)95-49)34-22-18-14-10-6-4-8-12-16-20-30-44(32-26-24-28-42(2)72)90-66-62(84)58(80)54(76)48(38-70)94-66/h41-50,53-72,75-86H,3-40H2,1-2H3/t41?,42?,43?,44?,45?,46?,47-,48-,49-,50-,53-,54-,55-,56-,57+,58+,59+,60+,61-,62-,63-,64-,65-,66-,67-,68-/m1/s1. The largest absolute Gasteiger partial charge is 0.463 e. The molecule has 0 aromatic rings. The number of hydrogen-bond acceptors (Lipinski definition) is 28. The van der Waals surface area contributed by atoms with E-state index in [1.165, 1.54) is 0 Å². The Morgan fingerprint density at radius 3 is 0.938 bits per heavy atom. The molecule has 0 amide bonds. The van der Waals surface area contributed by atoms with Crippen LogP contribution >= 0.6 is 0 Å². The maximum absolute atomic E-state index is 13.5. The van der Waals surface area contributed by atoms with Gasteiger partial charge in [0.25, 0.3) is 0 Å². The van der Waals surface area contributed by atoms with Gasteiger partial charge in [-0.1, -0.05) is 154 Å². The Hall–Kier alpha value is -2.02. The molecule has 6 unspecified atom stereocenters. The number of carbonyl (C=O) groups is 2. The fourth-order valence-electron chi connectivity index (χ4n) is 13.2. The third-order valence-corrected chi connectivity index (χ3v) is 19.3. The second-order valence-corrected chi connectivity index (χ2v) is 27.7. The fraction of sp³-hybridized carbons (Fsp3) is 0.971. The molecule has 5 saturated heterocycles. The Balaban J connectivity index is 1.03. The summed E-state index contributed by atoms with van der Waals surface area (Å²) in [7, 11) is 0. The lowest BCUT2D eigenvalue weighted by molar-refractivity contribution is -0.316. The lowest BCUT2D eigenvalue weighted by Gasteiger charge is -2.42. The molecule has 0 radical (unpaired) electrons. The van der Waals surface area contributed by atoms with E-state index in [0.29, 0.717) is 64.2 Å². The number of carbonyl (C=O) groups excluding carboxylic acids is 2. The molecule has 0 aliphatic carbocycles. The molecule has 28 heteroatoms. The van der Waals surface area contributed by atoms with Gasteiger partial charge in [0.15, 0.2) is 25.2 Å². The molecule has 0 spiro atoms. The van der Waals surface area contributed by atoms with Gasteiger partial charge < -0.3 is 129 Å². The quantitative estimate of drug-likeness (QED) is 0.0306. The van der Waals surface area contributed by atoms with Crippen molar-refractivity contribution in [3.8, 4) is 0 Å². The van der Waals surface area contributed by atoms with Crippen LogP contribution in [0.2, 0.25) is 0 Å². The molecular weight excluding hydrogens is 1260 g/mol. The van der Waals surface area contributed by atoms with Crippen LogP contribution in [0.25, 0.3) is 0 Å². The van der Waals surface area contributed by atoms with Gasteiger partial charge in [-0.25, -0.2) is 0 Å². The highest BCUT2D eigenvalue weighted by Gasteiger charge is 2.49. The summed E-state index contributed by atoms with van der Waals surface area (Å²) in [6.07, 6.45) is -8.16. The first-order valence-corrected chi connectivity index (χ1v) is 36.3. The van der Waals surface area contributed by atoms with Gasteiger partial charge in [-0.2, -0.15) is 0 Å². The van der Waals surface area contributed by atoms with Crippen molar-refractivity contribution >= 4 is 11.9 Å². The van der Waals surface area contributed by atoms with Gasteiger partial charge in [-0.05, 0) is 65.2 Å². The number of aliphatic hydroxyl groups is 16.